The third-order valence-corrected chi connectivity index (χ3v) is 1.27. The molecule has 1 aromatic heterocycles. The Kier molecular flexibility index (Phi) is 2.93. The van der Waals surface area contributed by atoms with E-state index in [0.29, 0.717) is 0 Å². The van der Waals surface area contributed by atoms with Gasteiger partial charge in [-0.3, -0.25) is 0 Å². The molecule has 1 heterocycles. The van der Waals surface area contributed by atoms with E-state index in [2.05, 4.69) is 9.97 Å². The van der Waals surface area contributed by atoms with Gasteiger partial charge in [-0.25, -0.2) is 4.98 Å². The molecule has 14 heavy (non-hydrogen) atoms. The van der Waals surface area contributed by atoms with E-state index in [-0.39, 0.29) is 12.1 Å². The number of aromatic nitrogens is 2. The average molecular weight is 206 g/mol. The molecule has 0 N–H and O–H groups in total. The van der Waals surface area contributed by atoms with Crippen molar-refractivity contribution in [2.75, 3.05) is 0 Å². The van der Waals surface area contributed by atoms with Gasteiger partial charge in [0.15, 0.2) is 5.69 Å². The molecule has 0 aromatic carbocycles. The molecular weight excluding hydrogens is 197 g/mol. The number of nitrogens with zero attached hydrogens (tertiary/aromatic N) is 2. The van der Waals surface area contributed by atoms with Gasteiger partial charge in [-0.05, 0) is 19.9 Å². The van der Waals surface area contributed by atoms with Crippen LogP contribution < -0.4 is 4.74 Å². The lowest BCUT2D eigenvalue weighted by Crippen LogP contribution is -2.13. The Morgan fingerprint density at radius 3 is 2.50 bits per heavy atom. The van der Waals surface area contributed by atoms with Crippen LogP contribution in [0.5, 0.6) is 6.01 Å². The summed E-state index contributed by atoms with van der Waals surface area (Å²) in [5.74, 6) is 0. The second-order valence-electron chi connectivity index (χ2n) is 2.89. The Balaban J connectivity index is 2.90. The van der Waals surface area contributed by atoms with Gasteiger partial charge in [0.05, 0.1) is 6.10 Å². The molecule has 0 unspecified atom stereocenters. The van der Waals surface area contributed by atoms with E-state index in [1.165, 1.54) is 0 Å². The highest BCUT2D eigenvalue weighted by Gasteiger charge is 2.33. The van der Waals surface area contributed by atoms with Crippen molar-refractivity contribution in [1.29, 1.82) is 0 Å². The van der Waals surface area contributed by atoms with E-state index < -0.39 is 11.9 Å². The van der Waals surface area contributed by atoms with Crippen molar-refractivity contribution in [3.63, 3.8) is 0 Å². The van der Waals surface area contributed by atoms with Gasteiger partial charge in [-0.1, -0.05) is 0 Å². The van der Waals surface area contributed by atoms with E-state index in [4.69, 9.17) is 4.74 Å². The molecule has 1 rings (SSSR count). The Labute approximate surface area is 78.9 Å². The summed E-state index contributed by atoms with van der Waals surface area (Å²) in [5, 5.41) is 0. The van der Waals surface area contributed by atoms with Crippen molar-refractivity contribution in [3.8, 4) is 6.01 Å². The van der Waals surface area contributed by atoms with Gasteiger partial charge in [-0.2, -0.15) is 18.2 Å². The fourth-order valence-corrected chi connectivity index (χ4v) is 0.766. The predicted molar refractivity (Wildman–Crippen MR) is 42.8 cm³/mol. The number of hydrogen-bond acceptors (Lipinski definition) is 3. The normalized spacial score (nSPS) is 11.9. The Bertz CT molecular complexity index is 312. The first kappa shape index (κ1) is 10.7. The van der Waals surface area contributed by atoms with Crippen molar-refractivity contribution in [2.24, 2.45) is 0 Å². The molecule has 3 nitrogen and oxygen atoms in total. The smallest absolute Gasteiger partial charge is 0.433 e. The second-order valence-corrected chi connectivity index (χ2v) is 2.89. The lowest BCUT2D eigenvalue weighted by molar-refractivity contribution is -0.141. The molecule has 0 aliphatic rings. The van der Waals surface area contributed by atoms with Gasteiger partial charge < -0.3 is 4.74 Å². The van der Waals surface area contributed by atoms with E-state index in [1.807, 2.05) is 0 Å². The lowest BCUT2D eigenvalue weighted by Gasteiger charge is -2.09. The maximum absolute atomic E-state index is 12.2. The number of hydrogen-bond donors (Lipinski definition) is 0. The number of rotatable bonds is 2. The summed E-state index contributed by atoms with van der Waals surface area (Å²) in [6, 6.07) is 0.544. The summed E-state index contributed by atoms with van der Waals surface area (Å²) in [4.78, 5) is 6.79. The van der Waals surface area contributed by atoms with Gasteiger partial charge >= 0.3 is 12.2 Å². The van der Waals surface area contributed by atoms with E-state index in [1.54, 1.807) is 13.8 Å². The lowest BCUT2D eigenvalue weighted by atomic mass is 10.4. The third-order valence-electron chi connectivity index (χ3n) is 1.27. The molecule has 1 aromatic rings. The van der Waals surface area contributed by atoms with Gasteiger partial charge in [0.2, 0.25) is 0 Å². The third kappa shape index (κ3) is 2.86. The fraction of sp³-hybridized carbons (Fsp3) is 0.500. The highest BCUT2D eigenvalue weighted by Crippen LogP contribution is 2.27. The minimum atomic E-state index is -4.46. The summed E-state index contributed by atoms with van der Waals surface area (Å²) in [6.45, 7) is 3.37. The van der Waals surface area contributed by atoms with Crippen molar-refractivity contribution in [2.45, 2.75) is 26.1 Å². The molecule has 0 saturated heterocycles. The van der Waals surface area contributed by atoms with Crippen LogP contribution in [-0.4, -0.2) is 16.1 Å². The molecule has 0 aliphatic carbocycles. The van der Waals surface area contributed by atoms with Crippen LogP contribution in [0, 0.1) is 0 Å². The number of ether oxygens (including phenoxy) is 1. The molecule has 0 radical (unpaired) electrons. The summed E-state index contributed by atoms with van der Waals surface area (Å²) < 4.78 is 41.4. The zero-order chi connectivity index (χ0) is 10.8. The van der Waals surface area contributed by atoms with Crippen LogP contribution >= 0.6 is 0 Å². The molecule has 0 amide bonds. The first-order valence-corrected chi connectivity index (χ1v) is 3.96. The van der Waals surface area contributed by atoms with Crippen molar-refractivity contribution >= 4 is 0 Å². The first-order valence-electron chi connectivity index (χ1n) is 3.96. The monoisotopic (exact) mass is 206 g/mol. The zero-order valence-corrected chi connectivity index (χ0v) is 7.67. The SMILES string of the molecule is CC(C)Oc1nccc(C(F)(F)F)n1. The largest absolute Gasteiger partial charge is 0.461 e. The van der Waals surface area contributed by atoms with Crippen LogP contribution in [0.2, 0.25) is 0 Å². The first-order chi connectivity index (χ1) is 6.39. The van der Waals surface area contributed by atoms with Crippen molar-refractivity contribution in [3.05, 3.63) is 18.0 Å². The van der Waals surface area contributed by atoms with E-state index >= 15 is 0 Å². The van der Waals surface area contributed by atoms with Gasteiger partial charge in [0.25, 0.3) is 0 Å². The van der Waals surface area contributed by atoms with Crippen LogP contribution in [0.15, 0.2) is 12.3 Å². The molecule has 0 atom stereocenters. The second kappa shape index (κ2) is 3.81. The zero-order valence-electron chi connectivity index (χ0n) is 7.67. The van der Waals surface area contributed by atoms with Crippen LogP contribution in [0.3, 0.4) is 0 Å². The summed E-state index contributed by atoms with van der Waals surface area (Å²) in [6.07, 6.45) is -3.69. The fourth-order valence-electron chi connectivity index (χ4n) is 0.766. The minimum absolute atomic E-state index is 0.251. The van der Waals surface area contributed by atoms with Crippen LogP contribution in [-0.2, 0) is 6.18 Å². The van der Waals surface area contributed by atoms with Crippen molar-refractivity contribution in [1.82, 2.24) is 9.97 Å². The molecule has 6 heteroatoms. The molecule has 0 bridgehead atoms. The quantitative estimate of drug-likeness (QED) is 0.744. The highest BCUT2D eigenvalue weighted by atomic mass is 19.4. The number of halogens is 3. The molecule has 0 saturated carbocycles. The Morgan fingerprint density at radius 1 is 1.36 bits per heavy atom. The topological polar surface area (TPSA) is 35.0 Å². The van der Waals surface area contributed by atoms with Crippen molar-refractivity contribution < 1.29 is 17.9 Å². The summed E-state index contributed by atoms with van der Waals surface area (Å²) >= 11 is 0. The molecular formula is C8H9F3N2O. The molecule has 0 spiro atoms. The van der Waals surface area contributed by atoms with E-state index in [9.17, 15) is 13.2 Å². The van der Waals surface area contributed by atoms with Crippen LogP contribution in [0.25, 0.3) is 0 Å². The predicted octanol–water partition coefficient (Wildman–Crippen LogP) is 2.28. The standard InChI is InChI=1S/C8H9F3N2O/c1-5(2)14-7-12-4-3-6(13-7)8(9,10)11/h3-5H,1-2H3. The Hall–Kier alpha value is -1.33. The van der Waals surface area contributed by atoms with Gasteiger partial charge in [-0.15, -0.1) is 0 Å². The molecule has 0 fully saturated rings. The summed E-state index contributed by atoms with van der Waals surface area (Å²) in [7, 11) is 0. The maximum atomic E-state index is 12.2. The van der Waals surface area contributed by atoms with E-state index in [0.717, 1.165) is 12.3 Å². The molecule has 0 aliphatic heterocycles. The van der Waals surface area contributed by atoms with Crippen LogP contribution in [0.4, 0.5) is 13.2 Å². The molecule has 78 valence electrons. The minimum Gasteiger partial charge on any atom is -0.461 e. The summed E-state index contributed by atoms with van der Waals surface area (Å²) in [5.41, 5.74) is -0.997. The number of alkyl halides is 3. The average Bonchev–Trinajstić information content (AvgIpc) is 2.01. The maximum Gasteiger partial charge on any atom is 0.433 e. The van der Waals surface area contributed by atoms with Gasteiger partial charge in [0.1, 0.15) is 0 Å². The Morgan fingerprint density at radius 2 is 2.00 bits per heavy atom. The van der Waals surface area contributed by atoms with Crippen LogP contribution in [0.1, 0.15) is 19.5 Å². The highest BCUT2D eigenvalue weighted by molar-refractivity contribution is 5.08. The van der Waals surface area contributed by atoms with Gasteiger partial charge in [0, 0.05) is 6.20 Å².